The number of anilines is 6. The summed E-state index contributed by atoms with van der Waals surface area (Å²) >= 11 is 0. The lowest BCUT2D eigenvalue weighted by Gasteiger charge is -2.48. The van der Waals surface area contributed by atoms with Gasteiger partial charge in [-0.15, -0.1) is 0 Å². The minimum absolute atomic E-state index is 0.0145. The zero-order valence-corrected chi connectivity index (χ0v) is 29.0. The van der Waals surface area contributed by atoms with Gasteiger partial charge in [0.25, 0.3) is 0 Å². The fraction of sp³-hybridized carbons (Fsp3) is 0. The van der Waals surface area contributed by atoms with E-state index >= 15 is 0 Å². The normalized spacial score (nSPS) is 14.5. The molecule has 5 aliphatic heterocycles. The van der Waals surface area contributed by atoms with Crippen LogP contribution >= 0.6 is 0 Å². The molecule has 0 amide bonds. The number of rotatable bonds is 2. The SMILES string of the molecule is c1ccc(N2c3ccccc3B3c4c2cc2c5c4-c4c6c(cc7c8cccc9c8n(c47)B5c4c-9cccc4N2c2ccccc2)c2ccccc2n63)cc1. The lowest BCUT2D eigenvalue weighted by molar-refractivity contribution is 1.22. The van der Waals surface area contributed by atoms with Crippen LogP contribution in [0.5, 0.6) is 0 Å². The van der Waals surface area contributed by atoms with Crippen LogP contribution in [0.1, 0.15) is 0 Å². The molecule has 0 saturated heterocycles. The van der Waals surface area contributed by atoms with Crippen LogP contribution < -0.4 is 31.7 Å². The van der Waals surface area contributed by atoms with E-state index in [1.807, 2.05) is 0 Å². The van der Waals surface area contributed by atoms with Crippen LogP contribution in [0, 0.1) is 0 Å². The molecule has 0 N–H and O–H groups in total. The Kier molecular flexibility index (Phi) is 4.38. The summed E-state index contributed by atoms with van der Waals surface area (Å²) < 4.78 is 5.47. The van der Waals surface area contributed by atoms with E-state index < -0.39 is 0 Å². The second kappa shape index (κ2) is 8.82. The lowest BCUT2D eigenvalue weighted by Crippen LogP contribution is -2.64. The molecule has 10 aromatic rings. The zero-order chi connectivity index (χ0) is 34.6. The maximum absolute atomic E-state index is 2.76. The van der Waals surface area contributed by atoms with Gasteiger partial charge in [0.2, 0.25) is 0 Å². The van der Waals surface area contributed by atoms with E-state index in [2.05, 4.69) is 176 Å². The molecular weight excluding hydrogens is 654 g/mol. The molecule has 0 aliphatic carbocycles. The topological polar surface area (TPSA) is 16.3 Å². The summed E-state index contributed by atoms with van der Waals surface area (Å²) in [4.78, 5) is 5.12. The molecule has 0 atom stereocenters. The quantitative estimate of drug-likeness (QED) is 0.170. The molecule has 0 radical (unpaired) electrons. The van der Waals surface area contributed by atoms with E-state index in [0.717, 1.165) is 0 Å². The number of fused-ring (bicyclic) bond motifs is 8. The van der Waals surface area contributed by atoms with Gasteiger partial charge in [0.1, 0.15) is 0 Å². The first-order chi connectivity index (χ1) is 26.9. The van der Waals surface area contributed by atoms with Crippen LogP contribution in [-0.2, 0) is 0 Å². The standard InChI is InChI=1S/C48H26B2N4/c1-3-13-27(14-4-1)51-37-23-10-8-21-35(37)49-44-39(51)26-40-45-41(44)42-47-33(29-17-7-9-22-36(29)53(47)49)25-34-32-20-11-19-31-30-18-12-24-38(52(40)28-15-5-2-6-16-28)43(30)50(45)54(46(31)32)48(34)42/h1-26H. The van der Waals surface area contributed by atoms with Gasteiger partial charge in [-0.2, -0.15) is 0 Å². The van der Waals surface area contributed by atoms with Gasteiger partial charge in [-0.05, 0) is 87.6 Å². The average Bonchev–Trinajstić information content (AvgIpc) is 3.75. The number of hydrogen-bond donors (Lipinski definition) is 0. The van der Waals surface area contributed by atoms with Crippen molar-refractivity contribution >= 4 is 113 Å². The molecule has 244 valence electrons. The van der Waals surface area contributed by atoms with Crippen molar-refractivity contribution in [1.82, 2.24) is 8.96 Å². The van der Waals surface area contributed by atoms with Crippen molar-refractivity contribution < 1.29 is 0 Å². The monoisotopic (exact) mass is 680 g/mol. The van der Waals surface area contributed by atoms with Crippen molar-refractivity contribution in [2.45, 2.75) is 0 Å². The molecule has 15 rings (SSSR count). The Morgan fingerprint density at radius 3 is 1.80 bits per heavy atom. The largest absolute Gasteiger partial charge is 0.375 e. The van der Waals surface area contributed by atoms with E-state index in [1.54, 1.807) is 0 Å². The molecule has 8 aromatic carbocycles. The molecule has 0 unspecified atom stereocenters. The average molecular weight is 680 g/mol. The molecule has 0 spiro atoms. The van der Waals surface area contributed by atoms with Crippen LogP contribution in [0.3, 0.4) is 0 Å². The predicted octanol–water partition coefficient (Wildman–Crippen LogP) is 9.05. The Morgan fingerprint density at radius 1 is 0.352 bits per heavy atom. The van der Waals surface area contributed by atoms with Gasteiger partial charge in [0, 0.05) is 88.9 Å². The van der Waals surface area contributed by atoms with Crippen molar-refractivity contribution in [1.29, 1.82) is 0 Å². The van der Waals surface area contributed by atoms with Crippen molar-refractivity contribution in [2.24, 2.45) is 0 Å². The summed E-state index contributed by atoms with van der Waals surface area (Å²) in [6, 6.07) is 59.4. The maximum Gasteiger partial charge on any atom is 0.333 e. The highest BCUT2D eigenvalue weighted by molar-refractivity contribution is 6.96. The van der Waals surface area contributed by atoms with E-state index in [0.29, 0.717) is 0 Å². The van der Waals surface area contributed by atoms with Gasteiger partial charge in [-0.1, -0.05) is 103 Å². The summed E-state index contributed by atoms with van der Waals surface area (Å²) in [7, 11) is 0. The van der Waals surface area contributed by atoms with Gasteiger partial charge < -0.3 is 18.8 Å². The molecule has 0 fully saturated rings. The highest BCUT2D eigenvalue weighted by atomic mass is 15.2. The first-order valence-electron chi connectivity index (χ1n) is 19.0. The Bertz CT molecular complexity index is 3400. The Balaban J connectivity index is 1.26. The van der Waals surface area contributed by atoms with E-state index in [9.17, 15) is 0 Å². The molecule has 0 bridgehead atoms. The summed E-state index contributed by atoms with van der Waals surface area (Å²) in [6.07, 6.45) is 0. The lowest BCUT2D eigenvalue weighted by atomic mass is 9.38. The zero-order valence-electron chi connectivity index (χ0n) is 29.0. The Hall–Kier alpha value is -6.91. The van der Waals surface area contributed by atoms with Gasteiger partial charge in [-0.25, -0.2) is 0 Å². The van der Waals surface area contributed by atoms with E-state index in [-0.39, 0.29) is 13.7 Å². The molecule has 4 nitrogen and oxygen atoms in total. The summed E-state index contributed by atoms with van der Waals surface area (Å²) in [5, 5.41) is 5.37. The number of hydrogen-bond acceptors (Lipinski definition) is 2. The van der Waals surface area contributed by atoms with Crippen molar-refractivity contribution in [2.75, 3.05) is 9.80 Å². The van der Waals surface area contributed by atoms with E-state index in [4.69, 9.17) is 0 Å². The first-order valence-corrected chi connectivity index (χ1v) is 19.0. The second-order valence-corrected chi connectivity index (χ2v) is 15.6. The fourth-order valence-electron chi connectivity index (χ4n) is 11.6. The molecule has 7 heterocycles. The van der Waals surface area contributed by atoms with Crippen LogP contribution in [0.4, 0.5) is 34.1 Å². The summed E-state index contributed by atoms with van der Waals surface area (Å²) in [6.45, 7) is 0.0749. The third-order valence-electron chi connectivity index (χ3n) is 13.3. The highest BCUT2D eigenvalue weighted by Crippen LogP contribution is 2.55. The van der Waals surface area contributed by atoms with E-state index in [1.165, 1.54) is 122 Å². The summed E-state index contributed by atoms with van der Waals surface area (Å²) in [5.41, 5.74) is 23.9. The molecule has 2 aromatic heterocycles. The van der Waals surface area contributed by atoms with Crippen molar-refractivity contribution in [3.05, 3.63) is 158 Å². The number of para-hydroxylation sites is 5. The van der Waals surface area contributed by atoms with Gasteiger partial charge >= 0.3 is 13.7 Å². The predicted molar refractivity (Wildman–Crippen MR) is 227 cm³/mol. The minimum Gasteiger partial charge on any atom is -0.375 e. The van der Waals surface area contributed by atoms with Crippen LogP contribution in [0.15, 0.2) is 158 Å². The molecule has 5 aliphatic rings. The Labute approximate surface area is 310 Å². The van der Waals surface area contributed by atoms with Gasteiger partial charge in [0.15, 0.2) is 0 Å². The minimum atomic E-state index is 0.0145. The molecule has 0 saturated carbocycles. The van der Waals surface area contributed by atoms with Crippen molar-refractivity contribution in [3.8, 4) is 22.3 Å². The second-order valence-electron chi connectivity index (χ2n) is 15.6. The van der Waals surface area contributed by atoms with Crippen LogP contribution in [0.25, 0.3) is 65.9 Å². The number of aromatic nitrogens is 2. The Morgan fingerprint density at radius 2 is 0.963 bits per heavy atom. The molecular formula is C48H26B2N4. The van der Waals surface area contributed by atoms with Crippen molar-refractivity contribution in [3.63, 3.8) is 0 Å². The highest BCUT2D eigenvalue weighted by Gasteiger charge is 2.53. The third kappa shape index (κ3) is 2.73. The van der Waals surface area contributed by atoms with Gasteiger partial charge in [-0.3, -0.25) is 0 Å². The number of benzene rings is 8. The fourth-order valence-corrected chi connectivity index (χ4v) is 11.6. The molecule has 6 heteroatoms. The summed E-state index contributed by atoms with van der Waals surface area (Å²) in [5.74, 6) is 0. The molecule has 54 heavy (non-hydrogen) atoms. The smallest absolute Gasteiger partial charge is 0.333 e. The maximum atomic E-state index is 2.76. The third-order valence-corrected chi connectivity index (χ3v) is 13.3. The van der Waals surface area contributed by atoms with Crippen LogP contribution in [-0.4, -0.2) is 22.7 Å². The number of nitrogens with zero attached hydrogens (tertiary/aromatic N) is 4. The van der Waals surface area contributed by atoms with Gasteiger partial charge in [0.05, 0.1) is 0 Å². The first kappa shape index (κ1) is 26.8. The van der Waals surface area contributed by atoms with Crippen LogP contribution in [0.2, 0.25) is 0 Å².